The predicted molar refractivity (Wildman–Crippen MR) is 247 cm³/mol. The zero-order valence-electron chi connectivity index (χ0n) is 32.6. The Labute approximate surface area is 346 Å². The van der Waals surface area contributed by atoms with Gasteiger partial charge in [-0.25, -0.2) is 0 Å². The molecule has 0 saturated heterocycles. The molecule has 0 radical (unpaired) electrons. The number of para-hydroxylation sites is 5. The van der Waals surface area contributed by atoms with Crippen LogP contribution in [0.2, 0.25) is 0 Å². The minimum absolute atomic E-state index is 0.593. The number of nitrogens with zero attached hydrogens (tertiary/aromatic N) is 4. The fourth-order valence-corrected chi connectivity index (χ4v) is 10.1. The standard InChI is InChI=1S/C55H36N4O/c1-2-13-35(14-3-1)57-29-30-60-54-34-48-47(33-53(54)57)46-32-37(59-51-22-10-6-17-42(51)43-18-7-11-23-52(43)59)25-27-39(46)38-26-24-36(31-45(38)44-19-12-28-56-55(44)48)58-49-20-8-4-15-40(49)41-16-5-9-21-50(41)58/h1-28,31-34H,29-30H2. The highest BCUT2D eigenvalue weighted by Gasteiger charge is 2.29. The van der Waals surface area contributed by atoms with Gasteiger partial charge in [-0.15, -0.1) is 0 Å². The van der Waals surface area contributed by atoms with E-state index >= 15 is 0 Å². The molecule has 3 aromatic heterocycles. The molecule has 13 rings (SSSR count). The highest BCUT2D eigenvalue weighted by molar-refractivity contribution is 6.11. The highest BCUT2D eigenvalue weighted by atomic mass is 16.5. The second-order valence-electron chi connectivity index (χ2n) is 15.8. The molecule has 5 nitrogen and oxygen atoms in total. The molecule has 0 bridgehead atoms. The quantitative estimate of drug-likeness (QED) is 0.180. The largest absolute Gasteiger partial charge is 0.490 e. The van der Waals surface area contributed by atoms with Crippen molar-refractivity contribution < 1.29 is 4.74 Å². The van der Waals surface area contributed by atoms with E-state index in [1.54, 1.807) is 0 Å². The molecular formula is C55H36N4O. The van der Waals surface area contributed by atoms with Gasteiger partial charge in [0, 0.05) is 55.9 Å². The lowest BCUT2D eigenvalue weighted by atomic mass is 9.82. The van der Waals surface area contributed by atoms with Crippen molar-refractivity contribution in [2.24, 2.45) is 0 Å². The molecule has 282 valence electrons. The summed E-state index contributed by atoms with van der Waals surface area (Å²) in [6, 6.07) is 68.5. The van der Waals surface area contributed by atoms with E-state index in [1.165, 1.54) is 49.2 Å². The number of hydrogen-bond acceptors (Lipinski definition) is 3. The molecule has 0 unspecified atom stereocenters. The van der Waals surface area contributed by atoms with Crippen LogP contribution in [0.3, 0.4) is 0 Å². The van der Waals surface area contributed by atoms with Crippen molar-refractivity contribution in [2.45, 2.75) is 0 Å². The van der Waals surface area contributed by atoms with Crippen LogP contribution in [0.4, 0.5) is 11.4 Å². The van der Waals surface area contributed by atoms with Gasteiger partial charge in [-0.05, 0) is 107 Å². The van der Waals surface area contributed by atoms with Crippen molar-refractivity contribution in [3.05, 3.63) is 194 Å². The average Bonchev–Trinajstić information content (AvgIpc) is 3.84. The molecule has 1 aliphatic carbocycles. The zero-order valence-corrected chi connectivity index (χ0v) is 32.6. The first-order valence-corrected chi connectivity index (χ1v) is 20.6. The number of ether oxygens (including phenoxy) is 1. The Balaban J connectivity index is 1.12. The summed E-state index contributed by atoms with van der Waals surface area (Å²) in [5.41, 5.74) is 18.0. The maximum atomic E-state index is 6.54. The monoisotopic (exact) mass is 768 g/mol. The highest BCUT2D eigenvalue weighted by Crippen LogP contribution is 2.52. The molecule has 1 aliphatic heterocycles. The van der Waals surface area contributed by atoms with Crippen LogP contribution >= 0.6 is 0 Å². The summed E-state index contributed by atoms with van der Waals surface area (Å²) < 4.78 is 11.4. The van der Waals surface area contributed by atoms with Crippen LogP contribution in [0.25, 0.3) is 99.6 Å². The van der Waals surface area contributed by atoms with Crippen LogP contribution < -0.4 is 9.64 Å². The smallest absolute Gasteiger partial charge is 0.143 e. The normalized spacial score (nSPS) is 13.0. The lowest BCUT2D eigenvalue weighted by molar-refractivity contribution is 0.314. The summed E-state index contributed by atoms with van der Waals surface area (Å²) in [7, 11) is 0. The molecule has 0 saturated carbocycles. The first-order valence-electron chi connectivity index (χ1n) is 20.6. The maximum absolute atomic E-state index is 6.54. The van der Waals surface area contributed by atoms with Crippen LogP contribution in [0.1, 0.15) is 0 Å². The molecule has 0 fully saturated rings. The Bertz CT molecular complexity index is 3430. The maximum Gasteiger partial charge on any atom is 0.143 e. The van der Waals surface area contributed by atoms with Gasteiger partial charge in [0.2, 0.25) is 0 Å². The van der Waals surface area contributed by atoms with E-state index in [0.717, 1.165) is 74.1 Å². The van der Waals surface area contributed by atoms with E-state index in [-0.39, 0.29) is 0 Å². The van der Waals surface area contributed by atoms with Gasteiger partial charge in [-0.2, -0.15) is 0 Å². The van der Waals surface area contributed by atoms with Gasteiger partial charge < -0.3 is 18.8 Å². The molecular weight excluding hydrogens is 733 g/mol. The number of hydrogen-bond donors (Lipinski definition) is 0. The Morgan fingerprint density at radius 2 is 0.883 bits per heavy atom. The van der Waals surface area contributed by atoms with Crippen LogP contribution in [0.5, 0.6) is 5.75 Å². The van der Waals surface area contributed by atoms with Gasteiger partial charge in [0.05, 0.1) is 40.0 Å². The molecule has 0 atom stereocenters. The van der Waals surface area contributed by atoms with E-state index in [9.17, 15) is 0 Å². The zero-order chi connectivity index (χ0) is 39.3. The number of anilines is 2. The SMILES string of the molecule is c1ccc(N2CCOc3cc4c(cc32)-c2cc(-n3c5ccccc5c5ccccc53)ccc2-c2ccc(-n3c5ccccc5c5ccccc53)cc2-c2cccnc2-4)cc1. The van der Waals surface area contributed by atoms with Crippen LogP contribution in [0.15, 0.2) is 194 Å². The summed E-state index contributed by atoms with van der Waals surface area (Å²) in [5.74, 6) is 0.861. The number of benzene rings is 8. The van der Waals surface area contributed by atoms with E-state index in [1.807, 2.05) is 6.20 Å². The molecule has 4 heterocycles. The van der Waals surface area contributed by atoms with Crippen molar-refractivity contribution in [3.8, 4) is 61.8 Å². The topological polar surface area (TPSA) is 35.2 Å². The molecule has 0 amide bonds. The number of pyridine rings is 1. The van der Waals surface area contributed by atoms with E-state index in [0.29, 0.717) is 6.61 Å². The third-order valence-corrected chi connectivity index (χ3v) is 12.6. The second kappa shape index (κ2) is 12.8. The van der Waals surface area contributed by atoms with Crippen LogP contribution in [-0.2, 0) is 0 Å². The average molecular weight is 769 g/mol. The Kier molecular flexibility index (Phi) is 7.07. The summed E-state index contributed by atoms with van der Waals surface area (Å²) >= 11 is 0. The van der Waals surface area contributed by atoms with Crippen LogP contribution in [-0.4, -0.2) is 27.3 Å². The summed E-state index contributed by atoms with van der Waals surface area (Å²) in [4.78, 5) is 7.61. The van der Waals surface area contributed by atoms with Gasteiger partial charge in [-0.3, -0.25) is 4.98 Å². The third-order valence-electron chi connectivity index (χ3n) is 12.6. The number of aromatic nitrogens is 3. The molecule has 60 heavy (non-hydrogen) atoms. The Morgan fingerprint density at radius 3 is 1.45 bits per heavy atom. The van der Waals surface area contributed by atoms with Crippen molar-refractivity contribution in [2.75, 3.05) is 18.1 Å². The predicted octanol–water partition coefficient (Wildman–Crippen LogP) is 13.8. The van der Waals surface area contributed by atoms with E-state index < -0.39 is 0 Å². The van der Waals surface area contributed by atoms with Crippen molar-refractivity contribution in [1.29, 1.82) is 0 Å². The minimum atomic E-state index is 0.593. The van der Waals surface area contributed by atoms with Crippen molar-refractivity contribution in [1.82, 2.24) is 14.1 Å². The van der Waals surface area contributed by atoms with Crippen molar-refractivity contribution >= 4 is 55.0 Å². The van der Waals surface area contributed by atoms with E-state index in [4.69, 9.17) is 9.72 Å². The van der Waals surface area contributed by atoms with Gasteiger partial charge in [0.1, 0.15) is 12.4 Å². The fraction of sp³-hybridized carbons (Fsp3) is 0.0364. The summed E-state index contributed by atoms with van der Waals surface area (Å²) in [5, 5.41) is 4.97. The molecule has 8 aromatic carbocycles. The summed E-state index contributed by atoms with van der Waals surface area (Å²) in [6.45, 7) is 1.35. The second-order valence-corrected chi connectivity index (χ2v) is 15.8. The van der Waals surface area contributed by atoms with Gasteiger partial charge in [0.25, 0.3) is 0 Å². The van der Waals surface area contributed by atoms with Crippen LogP contribution in [0, 0.1) is 0 Å². The molecule has 0 spiro atoms. The van der Waals surface area contributed by atoms with Gasteiger partial charge in [0.15, 0.2) is 0 Å². The minimum Gasteiger partial charge on any atom is -0.490 e. The molecule has 5 heteroatoms. The summed E-state index contributed by atoms with van der Waals surface area (Å²) in [6.07, 6.45) is 1.92. The third kappa shape index (κ3) is 4.77. The van der Waals surface area contributed by atoms with Gasteiger partial charge in [-0.1, -0.05) is 109 Å². The molecule has 11 aromatic rings. The lowest BCUT2D eigenvalue weighted by Crippen LogP contribution is -2.28. The number of fused-ring (bicyclic) bond motifs is 15. The Hall–Kier alpha value is -7.89. The first-order chi connectivity index (χ1) is 29.8. The van der Waals surface area contributed by atoms with Gasteiger partial charge >= 0.3 is 0 Å². The Morgan fingerprint density at radius 1 is 0.383 bits per heavy atom. The van der Waals surface area contributed by atoms with E-state index in [2.05, 4.69) is 202 Å². The molecule has 0 N–H and O–H groups in total. The first kappa shape index (κ1) is 33.1. The fourth-order valence-electron chi connectivity index (χ4n) is 10.1. The lowest BCUT2D eigenvalue weighted by Gasteiger charge is -2.33. The van der Waals surface area contributed by atoms with Crippen molar-refractivity contribution in [3.63, 3.8) is 0 Å². The molecule has 2 aliphatic rings. The number of rotatable bonds is 3.